The summed E-state index contributed by atoms with van der Waals surface area (Å²) in [5, 5.41) is 22.7. The van der Waals surface area contributed by atoms with Gasteiger partial charge in [-0.2, -0.15) is 0 Å². The highest BCUT2D eigenvalue weighted by Gasteiger charge is 2.65. The van der Waals surface area contributed by atoms with E-state index in [1.165, 1.54) is 18.4 Å². The number of hydrogen-bond donors (Lipinski definition) is 2. The van der Waals surface area contributed by atoms with Gasteiger partial charge in [0.25, 0.3) is 0 Å². The van der Waals surface area contributed by atoms with Gasteiger partial charge in [0.1, 0.15) is 0 Å². The molecule has 0 aromatic rings. The van der Waals surface area contributed by atoms with Crippen molar-refractivity contribution in [1.82, 2.24) is 0 Å². The fraction of sp³-hybridized carbons (Fsp3) is 0.696. The van der Waals surface area contributed by atoms with Crippen molar-refractivity contribution in [2.75, 3.05) is 0 Å². The van der Waals surface area contributed by atoms with Gasteiger partial charge in [-0.1, -0.05) is 29.8 Å². The molecule has 4 nitrogen and oxygen atoms in total. The van der Waals surface area contributed by atoms with Crippen molar-refractivity contribution in [2.45, 2.75) is 63.8 Å². The van der Waals surface area contributed by atoms with Crippen LogP contribution in [-0.2, 0) is 4.74 Å². The van der Waals surface area contributed by atoms with Gasteiger partial charge in [-0.25, -0.2) is 0 Å². The number of aliphatic hydroxyl groups excluding tert-OH is 1. The van der Waals surface area contributed by atoms with Crippen molar-refractivity contribution in [3.63, 3.8) is 0 Å². The normalized spacial score (nSPS) is 52.4. The summed E-state index contributed by atoms with van der Waals surface area (Å²) in [6, 6.07) is 0. The minimum atomic E-state index is -0.746. The standard InChI is InChI=1S/C23H31NO3/c1-3-14-12-15-13-16(24-26)4-5-17(15)18-6-9-22(2)19(21(14)18)7-10-23(22)11-8-20(25)27-23/h3,8,11,13-14,17-21,25-26H,1,4-7,9-10,12H2,2H3/b24-16+/t14-,17+,18?,19?,20?,21?,22+,23-/m1/s1. The molecule has 3 saturated carbocycles. The highest BCUT2D eigenvalue weighted by Crippen LogP contribution is 2.68. The molecule has 0 amide bonds. The Balaban J connectivity index is 1.51. The average molecular weight is 370 g/mol. The Hall–Kier alpha value is -1.39. The van der Waals surface area contributed by atoms with Crippen molar-refractivity contribution in [3.8, 4) is 0 Å². The van der Waals surface area contributed by atoms with Gasteiger partial charge < -0.3 is 15.1 Å². The van der Waals surface area contributed by atoms with E-state index in [1.54, 1.807) is 0 Å². The Kier molecular flexibility index (Phi) is 3.97. The van der Waals surface area contributed by atoms with Crippen LogP contribution in [-0.4, -0.2) is 27.9 Å². The van der Waals surface area contributed by atoms with E-state index in [1.807, 2.05) is 6.08 Å². The molecule has 1 spiro atoms. The van der Waals surface area contributed by atoms with Crippen LogP contribution in [0.4, 0.5) is 0 Å². The minimum Gasteiger partial charge on any atom is -0.411 e. The Morgan fingerprint density at radius 2 is 2.15 bits per heavy atom. The monoisotopic (exact) mass is 369 g/mol. The van der Waals surface area contributed by atoms with Crippen molar-refractivity contribution in [2.24, 2.45) is 40.2 Å². The zero-order valence-electron chi connectivity index (χ0n) is 16.2. The second-order valence-electron chi connectivity index (χ2n) is 9.66. The lowest BCUT2D eigenvalue weighted by atomic mass is 9.48. The van der Waals surface area contributed by atoms with Gasteiger partial charge in [0.2, 0.25) is 0 Å². The first-order chi connectivity index (χ1) is 13.0. The maximum atomic E-state index is 10.0. The number of rotatable bonds is 1. The quantitative estimate of drug-likeness (QED) is 0.408. The smallest absolute Gasteiger partial charge is 0.175 e. The molecule has 27 heavy (non-hydrogen) atoms. The molecule has 2 N–H and O–H groups in total. The van der Waals surface area contributed by atoms with Crippen LogP contribution in [0.3, 0.4) is 0 Å². The molecule has 4 heteroatoms. The van der Waals surface area contributed by atoms with E-state index in [9.17, 15) is 10.3 Å². The van der Waals surface area contributed by atoms with E-state index in [0.717, 1.165) is 37.8 Å². The molecule has 0 aromatic heterocycles. The third-order valence-corrected chi connectivity index (χ3v) is 8.88. The molecule has 0 saturated heterocycles. The minimum absolute atomic E-state index is 0.0943. The highest BCUT2D eigenvalue weighted by atomic mass is 16.6. The van der Waals surface area contributed by atoms with Crippen LogP contribution in [0.15, 0.2) is 41.6 Å². The van der Waals surface area contributed by atoms with Crippen LogP contribution < -0.4 is 0 Å². The third kappa shape index (κ3) is 2.32. The predicted molar refractivity (Wildman–Crippen MR) is 104 cm³/mol. The molecule has 1 heterocycles. The molecule has 1 aliphatic heterocycles. The number of fused-ring (bicyclic) bond motifs is 6. The largest absolute Gasteiger partial charge is 0.411 e. The van der Waals surface area contributed by atoms with Crippen molar-refractivity contribution in [1.29, 1.82) is 0 Å². The molecule has 4 unspecified atom stereocenters. The molecule has 0 aromatic carbocycles. The summed E-state index contributed by atoms with van der Waals surface area (Å²) in [5.74, 6) is 3.06. The second kappa shape index (κ2) is 6.05. The Morgan fingerprint density at radius 3 is 2.85 bits per heavy atom. The first-order valence-electron chi connectivity index (χ1n) is 10.6. The summed E-state index contributed by atoms with van der Waals surface area (Å²) in [6.45, 7) is 6.61. The predicted octanol–water partition coefficient (Wildman–Crippen LogP) is 4.45. The van der Waals surface area contributed by atoms with Crippen LogP contribution >= 0.6 is 0 Å². The molecular weight excluding hydrogens is 338 g/mol. The molecule has 8 atom stereocenters. The van der Waals surface area contributed by atoms with Gasteiger partial charge in [-0.3, -0.25) is 0 Å². The molecule has 5 rings (SSSR count). The number of allylic oxidation sites excluding steroid dienone is 3. The summed E-state index contributed by atoms with van der Waals surface area (Å²) in [4.78, 5) is 0. The average Bonchev–Trinajstić information content (AvgIpc) is 3.21. The molecule has 5 aliphatic rings. The van der Waals surface area contributed by atoms with Crippen LogP contribution in [0.1, 0.15) is 51.9 Å². The second-order valence-corrected chi connectivity index (χ2v) is 9.66. The Labute approximate surface area is 161 Å². The van der Waals surface area contributed by atoms with Gasteiger partial charge in [-0.15, -0.1) is 6.58 Å². The number of nitrogens with zero attached hydrogens (tertiary/aromatic N) is 1. The van der Waals surface area contributed by atoms with Gasteiger partial charge >= 0.3 is 0 Å². The maximum Gasteiger partial charge on any atom is 0.175 e. The first-order valence-corrected chi connectivity index (χ1v) is 10.6. The van der Waals surface area contributed by atoms with Crippen LogP contribution in [0.5, 0.6) is 0 Å². The molecule has 0 bridgehead atoms. The Morgan fingerprint density at radius 1 is 1.30 bits per heavy atom. The van der Waals surface area contributed by atoms with E-state index in [2.05, 4.69) is 36.9 Å². The number of ether oxygens (including phenoxy) is 1. The molecule has 146 valence electrons. The number of oxime groups is 1. The lowest BCUT2D eigenvalue weighted by molar-refractivity contribution is -0.183. The van der Waals surface area contributed by atoms with E-state index >= 15 is 0 Å². The zero-order chi connectivity index (χ0) is 18.8. The molecule has 0 radical (unpaired) electrons. The summed E-state index contributed by atoms with van der Waals surface area (Å²) >= 11 is 0. The summed E-state index contributed by atoms with van der Waals surface area (Å²) in [7, 11) is 0. The lowest BCUT2D eigenvalue weighted by Gasteiger charge is -2.57. The Bertz CT molecular complexity index is 740. The first kappa shape index (κ1) is 17.7. The van der Waals surface area contributed by atoms with Gasteiger partial charge in [0.15, 0.2) is 6.29 Å². The number of aliphatic hydroxyl groups is 1. The summed E-state index contributed by atoms with van der Waals surface area (Å²) < 4.78 is 6.13. The van der Waals surface area contributed by atoms with Crippen LogP contribution in [0.2, 0.25) is 0 Å². The molecular formula is C23H31NO3. The van der Waals surface area contributed by atoms with E-state index < -0.39 is 6.29 Å². The van der Waals surface area contributed by atoms with Crippen LogP contribution in [0.25, 0.3) is 0 Å². The van der Waals surface area contributed by atoms with Crippen LogP contribution in [0, 0.1) is 35.0 Å². The topological polar surface area (TPSA) is 62.1 Å². The van der Waals surface area contributed by atoms with Crippen molar-refractivity contribution in [3.05, 3.63) is 36.5 Å². The molecule has 3 fully saturated rings. The van der Waals surface area contributed by atoms with Crippen molar-refractivity contribution < 1.29 is 15.1 Å². The van der Waals surface area contributed by atoms with E-state index in [4.69, 9.17) is 4.74 Å². The fourth-order valence-corrected chi connectivity index (χ4v) is 7.65. The van der Waals surface area contributed by atoms with Gasteiger partial charge in [0.05, 0.1) is 11.3 Å². The van der Waals surface area contributed by atoms with Gasteiger partial charge in [0, 0.05) is 5.41 Å². The number of hydrogen-bond acceptors (Lipinski definition) is 4. The highest BCUT2D eigenvalue weighted by molar-refractivity contribution is 5.96. The summed E-state index contributed by atoms with van der Waals surface area (Å²) in [6.07, 6.45) is 15.2. The summed E-state index contributed by atoms with van der Waals surface area (Å²) in [5.41, 5.74) is 2.12. The van der Waals surface area contributed by atoms with E-state index in [0.29, 0.717) is 29.6 Å². The fourth-order valence-electron chi connectivity index (χ4n) is 7.65. The molecule has 4 aliphatic carbocycles. The maximum absolute atomic E-state index is 10.0. The lowest BCUT2D eigenvalue weighted by Crippen LogP contribution is -2.54. The third-order valence-electron chi connectivity index (χ3n) is 8.88. The van der Waals surface area contributed by atoms with E-state index in [-0.39, 0.29) is 11.0 Å². The van der Waals surface area contributed by atoms with Crippen molar-refractivity contribution >= 4 is 5.71 Å². The van der Waals surface area contributed by atoms with Gasteiger partial charge in [-0.05, 0) is 86.7 Å². The SMILES string of the molecule is C=C[C@@H]1CC2=C/C(=N/O)CC[C@@H]2C2CC[C@@]3(C)C(CC[C@@]34C=CC(O)O4)C21. The zero-order valence-corrected chi connectivity index (χ0v) is 16.2.